The molecule has 0 bridgehead atoms. The predicted molar refractivity (Wildman–Crippen MR) is 137 cm³/mol. The van der Waals surface area contributed by atoms with E-state index in [0.29, 0.717) is 12.1 Å². The van der Waals surface area contributed by atoms with Crippen molar-refractivity contribution < 1.29 is 19.1 Å². The van der Waals surface area contributed by atoms with E-state index in [1.165, 1.54) is 24.4 Å². The molecule has 2 aromatic carbocycles. The SMILES string of the molecule is CC(=O)NC1=NN(C(C)=O)[C@]2(S1)C(=O)N(CCOc1ccc(C(C)(C)C)cc1)c1c(C)cccc12. The first-order valence-electron chi connectivity index (χ1n) is 11.5. The minimum atomic E-state index is -1.40. The molecule has 0 fully saturated rings. The summed E-state index contributed by atoms with van der Waals surface area (Å²) in [5.41, 5.74) is 3.57. The summed E-state index contributed by atoms with van der Waals surface area (Å²) in [6.07, 6.45) is 0. The Hall–Kier alpha value is -3.33. The van der Waals surface area contributed by atoms with Crippen LogP contribution in [0, 0.1) is 6.92 Å². The van der Waals surface area contributed by atoms with Gasteiger partial charge in [-0.3, -0.25) is 14.4 Å². The summed E-state index contributed by atoms with van der Waals surface area (Å²) in [6, 6.07) is 13.6. The number of ether oxygens (including phenoxy) is 1. The van der Waals surface area contributed by atoms with E-state index in [-0.39, 0.29) is 29.0 Å². The molecule has 0 saturated heterocycles. The molecule has 0 aliphatic carbocycles. The minimum Gasteiger partial charge on any atom is -0.492 e. The molecule has 0 unspecified atom stereocenters. The van der Waals surface area contributed by atoms with Crippen LogP contribution in [0.3, 0.4) is 0 Å². The van der Waals surface area contributed by atoms with Crippen molar-refractivity contribution in [1.29, 1.82) is 0 Å². The highest BCUT2D eigenvalue weighted by Gasteiger charge is 2.61. The van der Waals surface area contributed by atoms with Gasteiger partial charge in [-0.05, 0) is 47.4 Å². The number of fused-ring (bicyclic) bond motifs is 2. The van der Waals surface area contributed by atoms with Crippen molar-refractivity contribution in [2.45, 2.75) is 51.8 Å². The van der Waals surface area contributed by atoms with Gasteiger partial charge in [-0.15, -0.1) is 5.10 Å². The number of amidine groups is 1. The predicted octanol–water partition coefficient (Wildman–Crippen LogP) is 3.87. The van der Waals surface area contributed by atoms with E-state index in [1.807, 2.05) is 49.4 Å². The lowest BCUT2D eigenvalue weighted by atomic mass is 9.87. The Labute approximate surface area is 209 Å². The van der Waals surface area contributed by atoms with Gasteiger partial charge in [-0.1, -0.05) is 51.1 Å². The van der Waals surface area contributed by atoms with Gasteiger partial charge < -0.3 is 15.0 Å². The van der Waals surface area contributed by atoms with Crippen LogP contribution in [0.1, 0.15) is 51.3 Å². The normalized spacial score (nSPS) is 19.1. The van der Waals surface area contributed by atoms with Gasteiger partial charge in [-0.25, -0.2) is 0 Å². The number of nitrogens with zero attached hydrogens (tertiary/aromatic N) is 3. The molecule has 9 heteroatoms. The number of rotatable bonds is 4. The summed E-state index contributed by atoms with van der Waals surface area (Å²) >= 11 is 1.07. The molecule has 1 atom stereocenters. The first-order valence-corrected chi connectivity index (χ1v) is 12.3. The highest BCUT2D eigenvalue weighted by molar-refractivity contribution is 8.15. The topological polar surface area (TPSA) is 91.3 Å². The number of thioether (sulfide) groups is 1. The highest BCUT2D eigenvalue weighted by Crippen LogP contribution is 2.55. The lowest BCUT2D eigenvalue weighted by Gasteiger charge is -2.29. The number of aryl methyl sites for hydroxylation is 1. The van der Waals surface area contributed by atoms with E-state index in [9.17, 15) is 14.4 Å². The Balaban J connectivity index is 1.60. The molecule has 1 N–H and O–H groups in total. The Bertz CT molecular complexity index is 1220. The van der Waals surface area contributed by atoms with Gasteiger partial charge in [0.2, 0.25) is 16.7 Å². The third kappa shape index (κ3) is 4.40. The number of anilines is 1. The average molecular weight is 495 g/mol. The maximum absolute atomic E-state index is 14.0. The highest BCUT2D eigenvalue weighted by atomic mass is 32.2. The Morgan fingerprint density at radius 3 is 2.40 bits per heavy atom. The van der Waals surface area contributed by atoms with Crippen LogP contribution >= 0.6 is 11.8 Å². The first kappa shape index (κ1) is 24.8. The van der Waals surface area contributed by atoms with Crippen LogP contribution in [-0.4, -0.2) is 41.0 Å². The fourth-order valence-corrected chi connectivity index (χ4v) is 5.70. The second-order valence-corrected chi connectivity index (χ2v) is 10.9. The molecule has 8 nitrogen and oxygen atoms in total. The summed E-state index contributed by atoms with van der Waals surface area (Å²) in [5.74, 6) is -0.288. The van der Waals surface area contributed by atoms with Crippen molar-refractivity contribution in [1.82, 2.24) is 10.3 Å². The monoisotopic (exact) mass is 494 g/mol. The van der Waals surface area contributed by atoms with Gasteiger partial charge in [0.05, 0.1) is 12.2 Å². The number of hydrogen-bond donors (Lipinski definition) is 1. The van der Waals surface area contributed by atoms with Gasteiger partial charge in [0.15, 0.2) is 5.17 Å². The molecule has 0 radical (unpaired) electrons. The van der Waals surface area contributed by atoms with Crippen molar-refractivity contribution in [3.05, 3.63) is 59.2 Å². The molecule has 184 valence electrons. The van der Waals surface area contributed by atoms with Crippen LogP contribution in [0.25, 0.3) is 0 Å². The third-order valence-corrected chi connectivity index (χ3v) is 7.27. The number of benzene rings is 2. The lowest BCUT2D eigenvalue weighted by Crippen LogP contribution is -2.49. The summed E-state index contributed by atoms with van der Waals surface area (Å²) in [4.78, 5) is 38.4. The zero-order valence-electron chi connectivity index (χ0n) is 20.8. The molecule has 2 heterocycles. The summed E-state index contributed by atoms with van der Waals surface area (Å²) < 4.78 is 5.97. The Morgan fingerprint density at radius 2 is 1.80 bits per heavy atom. The second kappa shape index (κ2) is 9.03. The van der Waals surface area contributed by atoms with E-state index in [0.717, 1.165) is 28.8 Å². The number of nitrogens with one attached hydrogen (secondary N) is 1. The van der Waals surface area contributed by atoms with E-state index in [4.69, 9.17) is 4.74 Å². The Kier molecular flexibility index (Phi) is 6.40. The first-order chi connectivity index (χ1) is 16.4. The molecule has 35 heavy (non-hydrogen) atoms. The van der Waals surface area contributed by atoms with Crippen LogP contribution in [-0.2, 0) is 24.7 Å². The van der Waals surface area contributed by atoms with E-state index >= 15 is 0 Å². The molecule has 4 rings (SSSR count). The number of hydrogen-bond acceptors (Lipinski definition) is 6. The van der Waals surface area contributed by atoms with E-state index in [1.54, 1.807) is 4.90 Å². The summed E-state index contributed by atoms with van der Waals surface area (Å²) in [6.45, 7) is 11.7. The van der Waals surface area contributed by atoms with Gasteiger partial charge in [-0.2, -0.15) is 5.01 Å². The van der Waals surface area contributed by atoms with Crippen molar-refractivity contribution in [3.8, 4) is 5.75 Å². The number of para-hydroxylation sites is 1. The summed E-state index contributed by atoms with van der Waals surface area (Å²) in [5, 5.41) is 8.30. The lowest BCUT2D eigenvalue weighted by molar-refractivity contribution is -0.139. The minimum absolute atomic E-state index is 0.0513. The molecule has 0 saturated carbocycles. The molecule has 3 amide bonds. The average Bonchev–Trinajstić information content (AvgIpc) is 3.26. The summed E-state index contributed by atoms with van der Waals surface area (Å²) in [7, 11) is 0. The molecule has 2 aromatic rings. The van der Waals surface area contributed by atoms with Crippen molar-refractivity contribution >= 4 is 40.3 Å². The molecule has 2 aliphatic heterocycles. The zero-order valence-corrected chi connectivity index (χ0v) is 21.7. The van der Waals surface area contributed by atoms with Crippen LogP contribution in [0.5, 0.6) is 5.75 Å². The molecule has 1 spiro atoms. The third-order valence-electron chi connectivity index (χ3n) is 6.03. The number of hydrazone groups is 1. The maximum atomic E-state index is 14.0. The molecular weight excluding hydrogens is 464 g/mol. The fraction of sp³-hybridized carbons (Fsp3) is 0.385. The van der Waals surface area contributed by atoms with Crippen LogP contribution in [0.15, 0.2) is 47.6 Å². The number of carbonyl (C=O) groups excluding carboxylic acids is 3. The standard InChI is InChI=1S/C26H30N4O4S/c1-16-8-7-9-21-22(16)29(14-15-34-20-12-10-19(11-13-20)25(4,5)6)23(33)26(21)30(18(3)32)28-24(35-26)27-17(2)31/h7-13H,14-15H2,1-6H3,(H,27,28,31)/t26-/m1/s1. The molecule has 2 aliphatic rings. The van der Waals surface area contributed by atoms with Crippen LogP contribution in [0.2, 0.25) is 0 Å². The van der Waals surface area contributed by atoms with Crippen molar-refractivity contribution in [2.75, 3.05) is 18.1 Å². The van der Waals surface area contributed by atoms with E-state index in [2.05, 4.69) is 31.2 Å². The smallest absolute Gasteiger partial charge is 0.270 e. The van der Waals surface area contributed by atoms with Crippen LogP contribution < -0.4 is 15.0 Å². The largest absolute Gasteiger partial charge is 0.492 e. The van der Waals surface area contributed by atoms with Crippen molar-refractivity contribution in [3.63, 3.8) is 0 Å². The van der Waals surface area contributed by atoms with Gasteiger partial charge in [0.25, 0.3) is 5.91 Å². The number of amides is 3. The van der Waals surface area contributed by atoms with Gasteiger partial charge in [0.1, 0.15) is 12.4 Å². The Morgan fingerprint density at radius 1 is 1.11 bits per heavy atom. The zero-order chi connectivity index (χ0) is 25.5. The van der Waals surface area contributed by atoms with E-state index < -0.39 is 10.8 Å². The van der Waals surface area contributed by atoms with Gasteiger partial charge in [0, 0.05) is 19.4 Å². The molecule has 0 aromatic heterocycles. The second-order valence-electron chi connectivity index (χ2n) is 9.71. The fourth-order valence-electron chi connectivity index (χ4n) is 4.37. The quantitative estimate of drug-likeness (QED) is 0.697. The number of carbonyl (C=O) groups is 3. The van der Waals surface area contributed by atoms with Crippen molar-refractivity contribution in [2.24, 2.45) is 5.10 Å². The van der Waals surface area contributed by atoms with Crippen LogP contribution in [0.4, 0.5) is 5.69 Å². The maximum Gasteiger partial charge on any atom is 0.270 e. The van der Waals surface area contributed by atoms with Gasteiger partial charge >= 0.3 is 0 Å². The molecular formula is C26H30N4O4S.